The largest absolute Gasteiger partial charge is 0.463 e. The molecule has 0 saturated heterocycles. The molecular weight excluding hydrogens is 680 g/mol. The minimum Gasteiger partial charge on any atom is -0.463 e. The standard InChI is InChI=1S/C38H74O14/c1-5-9-11-35(7-3)37(39)51-33-31-49-29-27-47-25-23-45-21-19-43-17-15-41-13-14-42-16-18-44-20-22-46-24-26-48-28-30-50-32-34-52-38(40)36(8-4)12-10-6-2/h35-36H,5-34H2,1-4H3. The molecule has 0 saturated carbocycles. The van der Waals surface area contributed by atoms with E-state index in [4.69, 9.17) is 56.8 Å². The first-order chi connectivity index (χ1) is 25.6. The Kier molecular flexibility index (Phi) is 41.1. The number of unbranched alkanes of at least 4 members (excludes halogenated alkanes) is 2. The third-order valence-corrected chi connectivity index (χ3v) is 7.76. The molecule has 0 radical (unpaired) electrons. The molecule has 0 fully saturated rings. The lowest BCUT2D eigenvalue weighted by molar-refractivity contribution is -0.151. The molecule has 0 amide bonds. The fourth-order valence-corrected chi connectivity index (χ4v) is 4.60. The van der Waals surface area contributed by atoms with Crippen molar-refractivity contribution in [1.29, 1.82) is 0 Å². The molecular formula is C38H74O14. The number of hydrogen-bond donors (Lipinski definition) is 0. The van der Waals surface area contributed by atoms with E-state index in [-0.39, 0.29) is 37.0 Å². The van der Waals surface area contributed by atoms with Crippen LogP contribution in [0.4, 0.5) is 0 Å². The van der Waals surface area contributed by atoms with Gasteiger partial charge in [0.05, 0.1) is 144 Å². The molecule has 0 aromatic rings. The molecule has 52 heavy (non-hydrogen) atoms. The monoisotopic (exact) mass is 755 g/mol. The highest BCUT2D eigenvalue weighted by atomic mass is 16.6. The molecule has 14 heteroatoms. The summed E-state index contributed by atoms with van der Waals surface area (Å²) < 4.78 is 65.4. The summed E-state index contributed by atoms with van der Waals surface area (Å²) in [5.41, 5.74) is 0. The molecule has 310 valence electrons. The third kappa shape index (κ3) is 35.6. The Bertz CT molecular complexity index is 685. The van der Waals surface area contributed by atoms with Gasteiger partial charge < -0.3 is 56.8 Å². The third-order valence-electron chi connectivity index (χ3n) is 7.76. The van der Waals surface area contributed by atoms with Crippen LogP contribution in [0, 0.1) is 11.8 Å². The predicted molar refractivity (Wildman–Crippen MR) is 197 cm³/mol. The number of hydrogen-bond acceptors (Lipinski definition) is 14. The Morgan fingerprint density at radius 3 is 0.692 bits per heavy atom. The van der Waals surface area contributed by atoms with Crippen LogP contribution in [0.5, 0.6) is 0 Å². The number of carbonyl (C=O) groups excluding carboxylic acids is 2. The summed E-state index contributed by atoms with van der Waals surface area (Å²) in [5.74, 6) is -0.260. The molecule has 0 rings (SSSR count). The van der Waals surface area contributed by atoms with E-state index in [1.54, 1.807) is 0 Å². The fourth-order valence-electron chi connectivity index (χ4n) is 4.60. The van der Waals surface area contributed by atoms with Crippen molar-refractivity contribution < 1.29 is 66.4 Å². The van der Waals surface area contributed by atoms with Gasteiger partial charge in [0, 0.05) is 0 Å². The van der Waals surface area contributed by atoms with Crippen molar-refractivity contribution in [2.45, 2.75) is 79.1 Å². The highest BCUT2D eigenvalue weighted by Gasteiger charge is 2.18. The van der Waals surface area contributed by atoms with Gasteiger partial charge in [-0.25, -0.2) is 0 Å². The lowest BCUT2D eigenvalue weighted by Crippen LogP contribution is -2.20. The topological polar surface area (TPSA) is 145 Å². The maximum atomic E-state index is 12.0. The van der Waals surface area contributed by atoms with Gasteiger partial charge in [-0.3, -0.25) is 9.59 Å². The summed E-state index contributed by atoms with van der Waals surface area (Å²) in [4.78, 5) is 24.1. The summed E-state index contributed by atoms with van der Waals surface area (Å²) >= 11 is 0. The van der Waals surface area contributed by atoms with Crippen LogP contribution in [0.2, 0.25) is 0 Å². The van der Waals surface area contributed by atoms with Gasteiger partial charge in [0.25, 0.3) is 0 Å². The Morgan fingerprint density at radius 2 is 0.519 bits per heavy atom. The Morgan fingerprint density at radius 1 is 0.327 bits per heavy atom. The average Bonchev–Trinajstić information content (AvgIpc) is 3.15. The number of carbonyl (C=O) groups is 2. The van der Waals surface area contributed by atoms with E-state index in [2.05, 4.69) is 13.8 Å². The zero-order valence-electron chi connectivity index (χ0n) is 33.1. The van der Waals surface area contributed by atoms with Crippen LogP contribution >= 0.6 is 0 Å². The van der Waals surface area contributed by atoms with Crippen molar-refractivity contribution >= 4 is 11.9 Å². The highest BCUT2D eigenvalue weighted by molar-refractivity contribution is 5.72. The zero-order chi connectivity index (χ0) is 38.0. The average molecular weight is 755 g/mol. The van der Waals surface area contributed by atoms with Crippen LogP contribution in [-0.2, 0) is 66.4 Å². The second-order valence-electron chi connectivity index (χ2n) is 12.0. The molecule has 2 unspecified atom stereocenters. The molecule has 0 aliphatic carbocycles. The van der Waals surface area contributed by atoms with Gasteiger partial charge in [0.1, 0.15) is 13.2 Å². The van der Waals surface area contributed by atoms with Crippen molar-refractivity contribution in [1.82, 2.24) is 0 Å². The first-order valence-corrected chi connectivity index (χ1v) is 19.7. The van der Waals surface area contributed by atoms with E-state index >= 15 is 0 Å². The minimum atomic E-state index is -0.123. The zero-order valence-corrected chi connectivity index (χ0v) is 33.1. The second-order valence-corrected chi connectivity index (χ2v) is 12.0. The quantitative estimate of drug-likeness (QED) is 0.0628. The normalized spacial score (nSPS) is 12.6. The van der Waals surface area contributed by atoms with E-state index in [1.807, 2.05) is 13.8 Å². The fraction of sp³-hybridized carbons (Fsp3) is 0.947. The molecule has 14 nitrogen and oxygen atoms in total. The van der Waals surface area contributed by atoms with Crippen molar-refractivity contribution in [3.63, 3.8) is 0 Å². The van der Waals surface area contributed by atoms with Crippen LogP contribution in [0.15, 0.2) is 0 Å². The predicted octanol–water partition coefficient (Wildman–Crippen LogP) is 4.67. The number of esters is 2. The van der Waals surface area contributed by atoms with Gasteiger partial charge in [0.15, 0.2) is 0 Å². The van der Waals surface area contributed by atoms with Crippen molar-refractivity contribution in [3.8, 4) is 0 Å². The van der Waals surface area contributed by atoms with Crippen LogP contribution in [0.1, 0.15) is 79.1 Å². The van der Waals surface area contributed by atoms with Gasteiger partial charge in [-0.2, -0.15) is 0 Å². The van der Waals surface area contributed by atoms with Crippen molar-refractivity contribution in [3.05, 3.63) is 0 Å². The lowest BCUT2D eigenvalue weighted by Gasteiger charge is -2.13. The maximum Gasteiger partial charge on any atom is 0.308 e. The van der Waals surface area contributed by atoms with Crippen LogP contribution < -0.4 is 0 Å². The van der Waals surface area contributed by atoms with E-state index in [1.165, 1.54) is 0 Å². The lowest BCUT2D eigenvalue weighted by atomic mass is 10.00. The molecule has 0 heterocycles. The van der Waals surface area contributed by atoms with Gasteiger partial charge in [-0.15, -0.1) is 0 Å². The van der Waals surface area contributed by atoms with Crippen LogP contribution in [0.25, 0.3) is 0 Å². The van der Waals surface area contributed by atoms with E-state index < -0.39 is 0 Å². The molecule has 0 spiro atoms. The Balaban J connectivity index is 3.21. The molecule has 0 aliphatic rings. The van der Waals surface area contributed by atoms with Gasteiger partial charge in [-0.05, 0) is 25.7 Å². The SMILES string of the molecule is CCCCC(CC)C(=O)OCCOCCOCCOCCOCCOCCOCCOCCOCCOCCOCCOC(=O)C(CC)CCCC. The first-order valence-electron chi connectivity index (χ1n) is 19.7. The summed E-state index contributed by atoms with van der Waals surface area (Å²) in [7, 11) is 0. The van der Waals surface area contributed by atoms with E-state index in [9.17, 15) is 9.59 Å². The van der Waals surface area contributed by atoms with Crippen LogP contribution in [0.3, 0.4) is 0 Å². The highest BCUT2D eigenvalue weighted by Crippen LogP contribution is 2.15. The Hall–Kier alpha value is -1.46. The maximum absolute atomic E-state index is 12.0. The van der Waals surface area contributed by atoms with Crippen molar-refractivity contribution in [2.75, 3.05) is 145 Å². The molecule has 0 aromatic heterocycles. The van der Waals surface area contributed by atoms with Gasteiger partial charge in [0.2, 0.25) is 0 Å². The van der Waals surface area contributed by atoms with Crippen molar-refractivity contribution in [2.24, 2.45) is 11.8 Å². The molecule has 0 bridgehead atoms. The summed E-state index contributed by atoms with van der Waals surface area (Å²) in [6.07, 6.45) is 7.65. The summed E-state index contributed by atoms with van der Waals surface area (Å²) in [6.45, 7) is 18.2. The first kappa shape index (κ1) is 50.5. The number of rotatable bonds is 43. The Labute approximate surface area is 314 Å². The van der Waals surface area contributed by atoms with Gasteiger partial charge in [-0.1, -0.05) is 53.4 Å². The van der Waals surface area contributed by atoms with E-state index in [0.29, 0.717) is 132 Å². The molecule has 0 N–H and O–H groups in total. The molecule has 2 atom stereocenters. The van der Waals surface area contributed by atoms with E-state index in [0.717, 1.165) is 51.4 Å². The summed E-state index contributed by atoms with van der Waals surface area (Å²) in [6, 6.07) is 0. The minimum absolute atomic E-state index is 0.00705. The smallest absolute Gasteiger partial charge is 0.308 e. The number of ether oxygens (including phenoxy) is 12. The van der Waals surface area contributed by atoms with Crippen LogP contribution in [-0.4, -0.2) is 157 Å². The molecule has 0 aliphatic heterocycles. The summed E-state index contributed by atoms with van der Waals surface area (Å²) in [5, 5.41) is 0. The van der Waals surface area contributed by atoms with Gasteiger partial charge >= 0.3 is 11.9 Å². The molecule has 0 aromatic carbocycles. The second kappa shape index (κ2) is 42.3.